The van der Waals surface area contributed by atoms with E-state index in [9.17, 15) is 9.59 Å². The van der Waals surface area contributed by atoms with Crippen molar-refractivity contribution in [3.63, 3.8) is 0 Å². The summed E-state index contributed by atoms with van der Waals surface area (Å²) in [5.41, 5.74) is 6.59. The Bertz CT molecular complexity index is 957. The predicted octanol–water partition coefficient (Wildman–Crippen LogP) is 2.99. The third-order valence-electron chi connectivity index (χ3n) is 3.61. The van der Waals surface area contributed by atoms with Gasteiger partial charge in [-0.2, -0.15) is 0 Å². The number of aryl methyl sites for hydroxylation is 1. The van der Waals surface area contributed by atoms with Crippen molar-refractivity contribution >= 4 is 23.2 Å². The molecule has 0 aliphatic heterocycles. The van der Waals surface area contributed by atoms with Crippen LogP contribution in [-0.2, 0) is 0 Å². The maximum atomic E-state index is 12.5. The fourth-order valence-corrected chi connectivity index (χ4v) is 3.33. The summed E-state index contributed by atoms with van der Waals surface area (Å²) in [7, 11) is 0. The lowest BCUT2D eigenvalue weighted by molar-refractivity contribution is 0.0845. The van der Waals surface area contributed by atoms with Crippen LogP contribution >= 0.6 is 11.3 Å². The van der Waals surface area contributed by atoms with E-state index in [-0.39, 0.29) is 11.4 Å². The number of hydrazine groups is 1. The number of carbonyl (C=O) groups is 2. The lowest BCUT2D eigenvalue weighted by Crippen LogP contribution is -2.41. The second-order valence-corrected chi connectivity index (χ2v) is 6.50. The molecule has 2 amide bonds. The molecule has 8 heteroatoms. The zero-order chi connectivity index (χ0) is 19.2. The van der Waals surface area contributed by atoms with E-state index in [4.69, 9.17) is 4.74 Å². The van der Waals surface area contributed by atoms with Crippen LogP contribution in [0.5, 0.6) is 5.88 Å². The highest BCUT2D eigenvalue weighted by Crippen LogP contribution is 2.27. The summed E-state index contributed by atoms with van der Waals surface area (Å²) in [5.74, 6) is -0.722. The average Bonchev–Trinajstić information content (AvgIpc) is 3.09. The first-order valence-electron chi connectivity index (χ1n) is 8.31. The van der Waals surface area contributed by atoms with Crippen molar-refractivity contribution in [2.24, 2.45) is 0 Å². The molecule has 0 saturated carbocycles. The van der Waals surface area contributed by atoms with E-state index in [1.165, 1.54) is 17.5 Å². The highest BCUT2D eigenvalue weighted by Gasteiger charge is 2.18. The van der Waals surface area contributed by atoms with Crippen molar-refractivity contribution in [1.82, 2.24) is 20.8 Å². The normalized spacial score (nSPS) is 10.3. The number of nitrogens with zero attached hydrogens (tertiary/aromatic N) is 2. The molecule has 3 aromatic rings. The fourth-order valence-electron chi connectivity index (χ4n) is 2.36. The van der Waals surface area contributed by atoms with Crippen LogP contribution in [0.1, 0.15) is 32.6 Å². The molecule has 0 radical (unpaired) electrons. The molecule has 0 saturated heterocycles. The quantitative estimate of drug-likeness (QED) is 0.662. The Morgan fingerprint density at radius 3 is 2.56 bits per heavy atom. The Balaban J connectivity index is 1.70. The van der Waals surface area contributed by atoms with Gasteiger partial charge in [-0.05, 0) is 26.0 Å². The Kier molecular flexibility index (Phi) is 5.77. The average molecular weight is 382 g/mol. The monoisotopic (exact) mass is 382 g/mol. The van der Waals surface area contributed by atoms with Gasteiger partial charge in [-0.1, -0.05) is 30.3 Å². The maximum Gasteiger partial charge on any atom is 0.281 e. The summed E-state index contributed by atoms with van der Waals surface area (Å²) in [5, 5.41) is 0.746. The van der Waals surface area contributed by atoms with Crippen LogP contribution in [-0.4, -0.2) is 28.4 Å². The van der Waals surface area contributed by atoms with Crippen molar-refractivity contribution in [1.29, 1.82) is 0 Å². The molecule has 1 aromatic carbocycles. The van der Waals surface area contributed by atoms with Crippen LogP contribution in [0.15, 0.2) is 48.7 Å². The molecule has 2 N–H and O–H groups in total. The lowest BCUT2D eigenvalue weighted by atomic mass is 10.2. The SMILES string of the molecule is CCOc1ncccc1C(=O)NNC(=O)c1sc(-c2ccccc2)nc1C. The molecule has 138 valence electrons. The van der Waals surface area contributed by atoms with Gasteiger partial charge in [0, 0.05) is 11.8 Å². The number of nitrogens with one attached hydrogen (secondary N) is 2. The van der Waals surface area contributed by atoms with Crippen molar-refractivity contribution in [3.8, 4) is 16.5 Å². The van der Waals surface area contributed by atoms with Gasteiger partial charge in [0.15, 0.2) is 0 Å². The molecule has 0 fully saturated rings. The van der Waals surface area contributed by atoms with Crippen molar-refractivity contribution in [2.75, 3.05) is 6.61 Å². The Morgan fingerprint density at radius 1 is 1.07 bits per heavy atom. The zero-order valence-corrected chi connectivity index (χ0v) is 15.7. The molecular weight excluding hydrogens is 364 g/mol. The number of rotatable bonds is 5. The summed E-state index contributed by atoms with van der Waals surface area (Å²) < 4.78 is 5.33. The van der Waals surface area contributed by atoms with Crippen molar-refractivity contribution in [2.45, 2.75) is 13.8 Å². The van der Waals surface area contributed by atoms with Gasteiger partial charge in [0.1, 0.15) is 15.4 Å². The summed E-state index contributed by atoms with van der Waals surface area (Å²) in [6.07, 6.45) is 1.53. The number of carbonyl (C=O) groups excluding carboxylic acids is 2. The van der Waals surface area contributed by atoms with Gasteiger partial charge in [0.05, 0.1) is 12.3 Å². The highest BCUT2D eigenvalue weighted by atomic mass is 32.1. The van der Waals surface area contributed by atoms with Crippen LogP contribution < -0.4 is 15.6 Å². The van der Waals surface area contributed by atoms with Gasteiger partial charge in [-0.15, -0.1) is 11.3 Å². The Hall–Kier alpha value is -3.26. The van der Waals surface area contributed by atoms with Crippen LogP contribution in [0.25, 0.3) is 10.6 Å². The lowest BCUT2D eigenvalue weighted by Gasteiger charge is -2.09. The Labute approximate surface area is 160 Å². The molecule has 0 aliphatic rings. The van der Waals surface area contributed by atoms with E-state index in [1.54, 1.807) is 26.0 Å². The minimum Gasteiger partial charge on any atom is -0.477 e. The first kappa shape index (κ1) is 18.5. The Morgan fingerprint density at radius 2 is 1.81 bits per heavy atom. The van der Waals surface area contributed by atoms with Gasteiger partial charge >= 0.3 is 0 Å². The number of benzene rings is 1. The van der Waals surface area contributed by atoms with E-state index >= 15 is 0 Å². The molecule has 0 atom stereocenters. The van der Waals surface area contributed by atoms with Crippen LogP contribution in [0.2, 0.25) is 0 Å². The first-order valence-corrected chi connectivity index (χ1v) is 9.13. The fraction of sp³-hybridized carbons (Fsp3) is 0.158. The standard InChI is InChI=1S/C19H18N4O3S/c1-3-26-18-14(10-7-11-20-18)16(24)22-23-17(25)15-12(2)21-19(27-15)13-8-5-4-6-9-13/h4-11H,3H2,1-2H3,(H,22,24)(H,23,25). The predicted molar refractivity (Wildman–Crippen MR) is 103 cm³/mol. The van der Waals surface area contributed by atoms with Gasteiger partial charge in [0.2, 0.25) is 5.88 Å². The zero-order valence-electron chi connectivity index (χ0n) is 14.9. The first-order chi connectivity index (χ1) is 13.1. The van der Waals surface area contributed by atoms with E-state index in [2.05, 4.69) is 20.8 Å². The molecular formula is C19H18N4O3S. The van der Waals surface area contributed by atoms with Crippen LogP contribution in [0.4, 0.5) is 0 Å². The third kappa shape index (κ3) is 4.29. The van der Waals surface area contributed by atoms with Gasteiger partial charge in [0.25, 0.3) is 11.8 Å². The number of ether oxygens (including phenoxy) is 1. The topological polar surface area (TPSA) is 93.2 Å². The summed E-state index contributed by atoms with van der Waals surface area (Å²) in [6.45, 7) is 3.94. The van der Waals surface area contributed by atoms with E-state index < -0.39 is 11.8 Å². The molecule has 0 unspecified atom stereocenters. The molecule has 0 spiro atoms. The third-order valence-corrected chi connectivity index (χ3v) is 4.82. The van der Waals surface area contributed by atoms with Crippen molar-refractivity contribution in [3.05, 3.63) is 64.8 Å². The molecule has 0 aliphatic carbocycles. The second-order valence-electron chi connectivity index (χ2n) is 5.50. The summed E-state index contributed by atoms with van der Waals surface area (Å²) in [4.78, 5) is 33.7. The van der Waals surface area contributed by atoms with Gasteiger partial charge in [-0.25, -0.2) is 9.97 Å². The second kappa shape index (κ2) is 8.41. The maximum absolute atomic E-state index is 12.5. The van der Waals surface area contributed by atoms with Gasteiger partial charge < -0.3 is 4.74 Å². The van der Waals surface area contributed by atoms with Crippen LogP contribution in [0.3, 0.4) is 0 Å². The molecule has 3 rings (SSSR count). The minimum atomic E-state index is -0.509. The molecule has 2 heterocycles. The number of hydrogen-bond acceptors (Lipinski definition) is 6. The highest BCUT2D eigenvalue weighted by molar-refractivity contribution is 7.17. The van der Waals surface area contributed by atoms with E-state index in [0.717, 1.165) is 10.6 Å². The number of pyridine rings is 1. The number of amides is 2. The molecule has 2 aromatic heterocycles. The minimum absolute atomic E-state index is 0.215. The van der Waals surface area contributed by atoms with E-state index in [1.807, 2.05) is 30.3 Å². The smallest absolute Gasteiger partial charge is 0.281 e. The van der Waals surface area contributed by atoms with E-state index in [0.29, 0.717) is 17.2 Å². The summed E-state index contributed by atoms with van der Waals surface area (Å²) in [6, 6.07) is 12.8. The van der Waals surface area contributed by atoms with Crippen LogP contribution in [0, 0.1) is 6.92 Å². The number of aromatic nitrogens is 2. The summed E-state index contributed by atoms with van der Waals surface area (Å²) >= 11 is 1.27. The molecule has 7 nitrogen and oxygen atoms in total. The molecule has 0 bridgehead atoms. The van der Waals surface area contributed by atoms with Gasteiger partial charge in [-0.3, -0.25) is 20.4 Å². The number of hydrogen-bond donors (Lipinski definition) is 2. The largest absolute Gasteiger partial charge is 0.477 e. The molecule has 27 heavy (non-hydrogen) atoms. The van der Waals surface area contributed by atoms with Crippen molar-refractivity contribution < 1.29 is 14.3 Å². The number of thiazole rings is 1.